The molecule has 2 aromatic heterocycles. The minimum absolute atomic E-state index is 0. The Bertz CT molecular complexity index is 797. The number of sulfone groups is 1. The third kappa shape index (κ3) is 3.08. The summed E-state index contributed by atoms with van der Waals surface area (Å²) in [7, 11) is -3.51. The van der Waals surface area contributed by atoms with Gasteiger partial charge in [0.25, 0.3) is 5.91 Å². The van der Waals surface area contributed by atoms with Crippen molar-refractivity contribution >= 4 is 33.7 Å². The SMILES string of the molecule is CS(=O)(=O)c1nc(C(=O)NC2CCNC2)c2ccccn12.Cl. The zero-order valence-corrected chi connectivity index (χ0v) is 13.6. The van der Waals surface area contributed by atoms with Crippen molar-refractivity contribution in [1.29, 1.82) is 0 Å². The van der Waals surface area contributed by atoms with Crippen LogP contribution in [-0.2, 0) is 9.84 Å². The first kappa shape index (κ1) is 16.7. The summed E-state index contributed by atoms with van der Waals surface area (Å²) in [5, 5.41) is 5.92. The third-order valence-electron chi connectivity index (χ3n) is 3.46. The van der Waals surface area contributed by atoms with Gasteiger partial charge < -0.3 is 10.6 Å². The summed E-state index contributed by atoms with van der Waals surface area (Å²) >= 11 is 0. The summed E-state index contributed by atoms with van der Waals surface area (Å²) < 4.78 is 25.0. The van der Waals surface area contributed by atoms with E-state index in [2.05, 4.69) is 15.6 Å². The molecular weight excluding hydrogens is 328 g/mol. The molecule has 1 fully saturated rings. The van der Waals surface area contributed by atoms with Gasteiger partial charge in [-0.05, 0) is 25.1 Å². The van der Waals surface area contributed by atoms with E-state index in [1.807, 2.05) is 0 Å². The first-order valence-corrected chi connectivity index (χ1v) is 8.54. The van der Waals surface area contributed by atoms with Crippen LogP contribution in [0.3, 0.4) is 0 Å². The number of hydrogen-bond donors (Lipinski definition) is 2. The Hall–Kier alpha value is -1.64. The molecule has 2 aromatic rings. The van der Waals surface area contributed by atoms with Gasteiger partial charge in [-0.1, -0.05) is 6.07 Å². The topological polar surface area (TPSA) is 92.6 Å². The fourth-order valence-corrected chi connectivity index (χ4v) is 3.24. The minimum atomic E-state index is -3.51. The number of halogens is 1. The molecule has 0 saturated carbocycles. The summed E-state index contributed by atoms with van der Waals surface area (Å²) in [6.45, 7) is 1.58. The number of aromatic nitrogens is 2. The number of rotatable bonds is 3. The molecule has 2 N–H and O–H groups in total. The molecule has 1 unspecified atom stereocenters. The normalized spacial score (nSPS) is 18.1. The second-order valence-corrected chi connectivity index (χ2v) is 7.04. The number of carbonyl (C=O) groups excluding carboxylic acids is 1. The van der Waals surface area contributed by atoms with Gasteiger partial charge in [0.05, 0.1) is 5.52 Å². The van der Waals surface area contributed by atoms with Crippen molar-refractivity contribution in [3.63, 3.8) is 0 Å². The van der Waals surface area contributed by atoms with Crippen LogP contribution in [0.4, 0.5) is 0 Å². The summed E-state index contributed by atoms with van der Waals surface area (Å²) in [5.41, 5.74) is 0.629. The lowest BCUT2D eigenvalue weighted by Gasteiger charge is -2.09. The van der Waals surface area contributed by atoms with Gasteiger partial charge in [-0.15, -0.1) is 12.4 Å². The molecule has 3 heterocycles. The summed E-state index contributed by atoms with van der Waals surface area (Å²) in [5.74, 6) is -0.345. The van der Waals surface area contributed by atoms with Crippen LogP contribution in [0.2, 0.25) is 0 Å². The van der Waals surface area contributed by atoms with E-state index < -0.39 is 9.84 Å². The largest absolute Gasteiger partial charge is 0.347 e. The van der Waals surface area contributed by atoms with Crippen molar-refractivity contribution in [1.82, 2.24) is 20.0 Å². The number of hydrogen-bond acceptors (Lipinski definition) is 5. The van der Waals surface area contributed by atoms with Crippen LogP contribution in [0, 0.1) is 0 Å². The molecule has 22 heavy (non-hydrogen) atoms. The summed E-state index contributed by atoms with van der Waals surface area (Å²) in [6, 6.07) is 5.19. The van der Waals surface area contributed by atoms with Crippen LogP contribution in [0.5, 0.6) is 0 Å². The molecule has 0 aromatic carbocycles. The Morgan fingerprint density at radius 3 is 2.86 bits per heavy atom. The molecule has 7 nitrogen and oxygen atoms in total. The predicted octanol–water partition coefficient (Wildman–Crippen LogP) is 0.251. The summed E-state index contributed by atoms with van der Waals surface area (Å²) in [6.07, 6.45) is 3.53. The molecule has 1 aliphatic rings. The Balaban J connectivity index is 0.00000176. The second kappa shape index (κ2) is 6.23. The van der Waals surface area contributed by atoms with Crippen molar-refractivity contribution in [2.45, 2.75) is 17.6 Å². The number of fused-ring (bicyclic) bond motifs is 1. The lowest BCUT2D eigenvalue weighted by Crippen LogP contribution is -2.36. The van der Waals surface area contributed by atoms with Crippen LogP contribution in [0.25, 0.3) is 5.52 Å². The van der Waals surface area contributed by atoms with Gasteiger partial charge in [0, 0.05) is 25.0 Å². The highest BCUT2D eigenvalue weighted by atomic mass is 35.5. The van der Waals surface area contributed by atoms with E-state index in [1.165, 1.54) is 4.40 Å². The third-order valence-corrected chi connectivity index (χ3v) is 4.41. The monoisotopic (exact) mass is 344 g/mol. The van der Waals surface area contributed by atoms with Gasteiger partial charge >= 0.3 is 0 Å². The van der Waals surface area contributed by atoms with Crippen molar-refractivity contribution < 1.29 is 13.2 Å². The minimum Gasteiger partial charge on any atom is -0.347 e. The Morgan fingerprint density at radius 2 is 2.23 bits per heavy atom. The molecule has 1 atom stereocenters. The first-order chi connectivity index (χ1) is 9.97. The van der Waals surface area contributed by atoms with Gasteiger partial charge in [-0.2, -0.15) is 0 Å². The highest BCUT2D eigenvalue weighted by molar-refractivity contribution is 7.90. The van der Waals surface area contributed by atoms with E-state index >= 15 is 0 Å². The standard InChI is InChI=1S/C13H16N4O3S.ClH/c1-21(19,20)13-16-11(10-4-2-3-7-17(10)13)12(18)15-9-5-6-14-8-9;/h2-4,7,9,14H,5-6,8H2,1H3,(H,15,18);1H. The Kier molecular flexibility index (Phi) is 4.74. The maximum absolute atomic E-state index is 12.3. The molecule has 0 spiro atoms. The van der Waals surface area contributed by atoms with Gasteiger partial charge in [-0.25, -0.2) is 13.4 Å². The number of carbonyl (C=O) groups is 1. The molecule has 120 valence electrons. The summed E-state index contributed by atoms with van der Waals surface area (Å²) in [4.78, 5) is 16.4. The van der Waals surface area contributed by atoms with Crippen LogP contribution < -0.4 is 10.6 Å². The predicted molar refractivity (Wildman–Crippen MR) is 84.3 cm³/mol. The molecule has 9 heteroatoms. The molecule has 0 radical (unpaired) electrons. The van der Waals surface area contributed by atoms with Crippen LogP contribution in [-0.4, -0.2) is 49.1 Å². The smallest absolute Gasteiger partial charge is 0.272 e. The quantitative estimate of drug-likeness (QED) is 0.832. The van der Waals surface area contributed by atoms with E-state index in [0.717, 1.165) is 25.8 Å². The highest BCUT2D eigenvalue weighted by Crippen LogP contribution is 2.17. The van der Waals surface area contributed by atoms with Crippen molar-refractivity contribution in [2.24, 2.45) is 0 Å². The van der Waals surface area contributed by atoms with Crippen molar-refractivity contribution in [3.8, 4) is 0 Å². The maximum atomic E-state index is 12.3. The molecule has 0 aliphatic carbocycles. The number of imidazole rings is 1. The van der Waals surface area contributed by atoms with E-state index in [0.29, 0.717) is 5.52 Å². The van der Waals surface area contributed by atoms with E-state index in [-0.39, 0.29) is 35.2 Å². The average molecular weight is 345 g/mol. The van der Waals surface area contributed by atoms with Gasteiger partial charge in [0.1, 0.15) is 0 Å². The van der Waals surface area contributed by atoms with Crippen LogP contribution >= 0.6 is 12.4 Å². The molecule has 0 bridgehead atoms. The zero-order valence-electron chi connectivity index (χ0n) is 11.9. The lowest BCUT2D eigenvalue weighted by molar-refractivity contribution is 0.0937. The van der Waals surface area contributed by atoms with Gasteiger partial charge in [-0.3, -0.25) is 9.20 Å². The van der Waals surface area contributed by atoms with Crippen LogP contribution in [0.1, 0.15) is 16.9 Å². The molecule has 1 saturated heterocycles. The molecule has 3 rings (SSSR count). The Morgan fingerprint density at radius 1 is 1.45 bits per heavy atom. The molecular formula is C13H17ClN4O3S. The van der Waals surface area contributed by atoms with E-state index in [1.54, 1.807) is 24.4 Å². The highest BCUT2D eigenvalue weighted by Gasteiger charge is 2.25. The van der Waals surface area contributed by atoms with Crippen LogP contribution in [0.15, 0.2) is 29.6 Å². The van der Waals surface area contributed by atoms with Crippen molar-refractivity contribution in [2.75, 3.05) is 19.3 Å². The molecule has 1 aliphatic heterocycles. The number of pyridine rings is 1. The number of nitrogens with one attached hydrogen (secondary N) is 2. The molecule has 1 amide bonds. The van der Waals surface area contributed by atoms with E-state index in [4.69, 9.17) is 0 Å². The van der Waals surface area contributed by atoms with Crippen molar-refractivity contribution in [3.05, 3.63) is 30.1 Å². The Labute approximate surface area is 134 Å². The fraction of sp³-hybridized carbons (Fsp3) is 0.385. The fourth-order valence-electron chi connectivity index (χ4n) is 2.47. The zero-order chi connectivity index (χ0) is 15.0. The number of nitrogens with zero attached hydrogens (tertiary/aromatic N) is 2. The lowest BCUT2D eigenvalue weighted by atomic mass is 10.2. The second-order valence-electron chi connectivity index (χ2n) is 5.13. The first-order valence-electron chi connectivity index (χ1n) is 6.65. The number of amides is 1. The van der Waals surface area contributed by atoms with E-state index in [9.17, 15) is 13.2 Å². The van der Waals surface area contributed by atoms with Gasteiger partial charge in [0.15, 0.2) is 5.69 Å². The average Bonchev–Trinajstić information content (AvgIpc) is 3.04. The maximum Gasteiger partial charge on any atom is 0.272 e. The van der Waals surface area contributed by atoms with Gasteiger partial charge in [0.2, 0.25) is 15.0 Å².